The molecular formula is C57H58FN3O9. The molecule has 6 atom stereocenters. The molecule has 5 aromatic carbocycles. The SMILES string of the molecule is C=CCOC12Oc3ccc(Oc4ccc(OC)c(C=O)c4)cc3C3C(CCCCO)C(CCCCO)C=C(C(=NOCc4ccccc4)CC1N(Cc1ccc(F)cc1)C(=O)c1ccc(C#N)cc1)C32. The fourth-order valence-corrected chi connectivity index (χ4v) is 10.4. The third-order valence-electron chi connectivity index (χ3n) is 13.6. The molecule has 2 N–H and O–H groups in total. The number of hydrogen-bond acceptors (Lipinski definition) is 11. The number of hydrogen-bond donors (Lipinski definition) is 2. The van der Waals surface area contributed by atoms with Crippen molar-refractivity contribution in [2.75, 3.05) is 26.9 Å². The van der Waals surface area contributed by atoms with E-state index in [0.717, 1.165) is 36.0 Å². The molecule has 8 rings (SSSR count). The highest BCUT2D eigenvalue weighted by Crippen LogP contribution is 2.62. The highest BCUT2D eigenvalue weighted by molar-refractivity contribution is 6.03. The van der Waals surface area contributed by atoms with Crippen LogP contribution in [0.5, 0.6) is 23.0 Å². The van der Waals surface area contributed by atoms with Gasteiger partial charge in [-0.3, -0.25) is 9.59 Å². The summed E-state index contributed by atoms with van der Waals surface area (Å²) in [7, 11) is 1.50. The molecule has 1 saturated carbocycles. The molecule has 1 amide bonds. The number of nitrogens with zero attached hydrogens (tertiary/aromatic N) is 3. The maximum atomic E-state index is 15.4. The van der Waals surface area contributed by atoms with E-state index >= 15 is 4.79 Å². The van der Waals surface area contributed by atoms with Crippen LogP contribution in [0.1, 0.15) is 93.8 Å². The maximum Gasteiger partial charge on any atom is 0.254 e. The van der Waals surface area contributed by atoms with Crippen LogP contribution in [0.25, 0.3) is 0 Å². The molecule has 70 heavy (non-hydrogen) atoms. The van der Waals surface area contributed by atoms with E-state index in [4.69, 9.17) is 28.9 Å². The standard InChI is InChI=1S/C57H58FN3O9/c1-3-29-67-57-53(61(35-39-17-21-44(58)22-18-39)56(65)41-19-15-38(34-59)16-20-41)33-50(60-68-37-40-11-5-4-6-12-40)48-31-42(13-7-9-27-62)47(14-8-10-28-63)54(55(48)57)49-32-46(24-26-52(49)70-57)69-45-23-25-51(66-2)43(30-45)36-64/h3-6,11-12,15-26,30-32,36,42,47,53-55,62-63H,1,7-10,13-14,27-29,33,35,37H2,2H3. The van der Waals surface area contributed by atoms with Crippen LogP contribution in [0, 0.1) is 34.9 Å². The first kappa shape index (κ1) is 49.3. The Labute approximate surface area is 408 Å². The second-order valence-corrected chi connectivity index (χ2v) is 17.9. The molecule has 1 fully saturated rings. The van der Waals surface area contributed by atoms with Gasteiger partial charge in [0.25, 0.3) is 5.91 Å². The largest absolute Gasteiger partial charge is 0.496 e. The van der Waals surface area contributed by atoms with E-state index < -0.39 is 23.6 Å². The van der Waals surface area contributed by atoms with Crippen molar-refractivity contribution in [3.05, 3.63) is 179 Å². The fourth-order valence-electron chi connectivity index (χ4n) is 10.4. The number of amides is 1. The van der Waals surface area contributed by atoms with Crippen molar-refractivity contribution in [3.63, 3.8) is 0 Å². The number of aliphatic hydroxyl groups is 2. The van der Waals surface area contributed by atoms with E-state index in [9.17, 15) is 24.7 Å². The van der Waals surface area contributed by atoms with Crippen molar-refractivity contribution in [2.24, 2.45) is 22.9 Å². The molecule has 12 nitrogen and oxygen atoms in total. The number of rotatable bonds is 22. The van der Waals surface area contributed by atoms with Gasteiger partial charge in [0.15, 0.2) is 6.29 Å². The lowest BCUT2D eigenvalue weighted by Crippen LogP contribution is -2.70. The Kier molecular flexibility index (Phi) is 16.2. The Morgan fingerprint density at radius 3 is 2.36 bits per heavy atom. The Morgan fingerprint density at radius 1 is 0.929 bits per heavy atom. The fraction of sp³-hybridized carbons (Fsp3) is 0.333. The number of aliphatic hydroxyl groups excluding tert-OH is 2. The van der Waals surface area contributed by atoms with Crippen LogP contribution in [0.4, 0.5) is 4.39 Å². The molecule has 0 radical (unpaired) electrons. The first-order valence-electron chi connectivity index (χ1n) is 23.8. The van der Waals surface area contributed by atoms with Crippen molar-refractivity contribution in [1.29, 1.82) is 5.26 Å². The van der Waals surface area contributed by atoms with Crippen molar-refractivity contribution in [3.8, 4) is 29.1 Å². The zero-order valence-corrected chi connectivity index (χ0v) is 39.3. The molecule has 6 unspecified atom stereocenters. The van der Waals surface area contributed by atoms with Crippen LogP contribution in [0.3, 0.4) is 0 Å². The zero-order chi connectivity index (χ0) is 49.0. The van der Waals surface area contributed by atoms with E-state index in [1.54, 1.807) is 71.6 Å². The summed E-state index contributed by atoms with van der Waals surface area (Å²) in [5.41, 5.74) is 4.90. The van der Waals surface area contributed by atoms with Gasteiger partial charge in [-0.25, -0.2) is 4.39 Å². The average Bonchev–Trinajstić information content (AvgIpc) is 3.39. The summed E-state index contributed by atoms with van der Waals surface area (Å²) >= 11 is 0. The molecule has 1 heterocycles. The maximum absolute atomic E-state index is 15.4. The minimum absolute atomic E-state index is 0.0227. The molecule has 13 heteroatoms. The lowest BCUT2D eigenvalue weighted by molar-refractivity contribution is -0.255. The van der Waals surface area contributed by atoms with Gasteiger partial charge in [-0.05, 0) is 127 Å². The Morgan fingerprint density at radius 2 is 1.66 bits per heavy atom. The lowest BCUT2D eigenvalue weighted by Gasteiger charge is -2.60. The highest BCUT2D eigenvalue weighted by Gasteiger charge is 2.65. The number of ether oxygens (including phenoxy) is 4. The van der Waals surface area contributed by atoms with Gasteiger partial charge in [0.2, 0.25) is 5.79 Å². The number of methoxy groups -OCH3 is 1. The molecule has 3 aliphatic rings. The van der Waals surface area contributed by atoms with E-state index in [-0.39, 0.29) is 63.1 Å². The third kappa shape index (κ3) is 10.7. The van der Waals surface area contributed by atoms with E-state index in [1.165, 1.54) is 19.2 Å². The molecule has 362 valence electrons. The quantitative estimate of drug-likeness (QED) is 0.0296. The minimum atomic E-state index is -1.60. The predicted octanol–water partition coefficient (Wildman–Crippen LogP) is 10.5. The van der Waals surface area contributed by atoms with E-state index in [2.05, 4.69) is 18.7 Å². The van der Waals surface area contributed by atoms with Gasteiger partial charge in [-0.15, -0.1) is 6.58 Å². The number of benzene rings is 5. The molecule has 0 aromatic heterocycles. The molecule has 5 aromatic rings. The second kappa shape index (κ2) is 23.0. The van der Waals surface area contributed by atoms with Crippen LogP contribution >= 0.6 is 0 Å². The first-order valence-corrected chi connectivity index (χ1v) is 23.8. The smallest absolute Gasteiger partial charge is 0.254 e. The summed E-state index contributed by atoms with van der Waals surface area (Å²) in [6, 6.07) is 34.1. The summed E-state index contributed by atoms with van der Waals surface area (Å²) in [5, 5.41) is 34.7. The Hall–Kier alpha value is -7.11. The Bertz CT molecular complexity index is 2720. The highest BCUT2D eigenvalue weighted by atomic mass is 19.1. The summed E-state index contributed by atoms with van der Waals surface area (Å²) in [6.07, 6.45) is 8.90. The van der Waals surface area contributed by atoms with Crippen LogP contribution in [0.15, 0.2) is 145 Å². The van der Waals surface area contributed by atoms with Gasteiger partial charge in [0.1, 0.15) is 41.5 Å². The van der Waals surface area contributed by atoms with Crippen molar-refractivity contribution in [2.45, 2.75) is 75.8 Å². The minimum Gasteiger partial charge on any atom is -0.496 e. The number of fused-ring (bicyclic) bond motifs is 2. The molecule has 2 aliphatic carbocycles. The Balaban J connectivity index is 1.36. The van der Waals surface area contributed by atoms with Crippen molar-refractivity contribution < 1.29 is 48.0 Å². The van der Waals surface area contributed by atoms with Gasteiger partial charge >= 0.3 is 0 Å². The van der Waals surface area contributed by atoms with Crippen LogP contribution < -0.4 is 14.2 Å². The van der Waals surface area contributed by atoms with Gasteiger partial charge in [0, 0.05) is 43.2 Å². The molecule has 0 spiro atoms. The molecule has 0 bridgehead atoms. The number of carbonyl (C=O) groups excluding carboxylic acids is 2. The number of aldehydes is 1. The topological polar surface area (TPSA) is 160 Å². The third-order valence-corrected chi connectivity index (χ3v) is 13.6. The number of carbonyl (C=O) groups is 2. The first-order chi connectivity index (χ1) is 34.2. The summed E-state index contributed by atoms with van der Waals surface area (Å²) in [6.45, 7) is 4.37. The van der Waals surface area contributed by atoms with Crippen LogP contribution in [-0.4, -0.2) is 71.8 Å². The summed E-state index contributed by atoms with van der Waals surface area (Å²) < 4.78 is 41.0. The number of halogens is 1. The van der Waals surface area contributed by atoms with E-state index in [0.29, 0.717) is 76.5 Å². The predicted molar refractivity (Wildman–Crippen MR) is 262 cm³/mol. The molecular weight excluding hydrogens is 890 g/mol. The lowest BCUT2D eigenvalue weighted by atomic mass is 9.55. The van der Waals surface area contributed by atoms with Crippen LogP contribution in [0.2, 0.25) is 0 Å². The van der Waals surface area contributed by atoms with Gasteiger partial charge in [-0.1, -0.05) is 72.6 Å². The van der Waals surface area contributed by atoms with Gasteiger partial charge in [0.05, 0.1) is 42.5 Å². The van der Waals surface area contributed by atoms with Gasteiger partial charge in [-0.2, -0.15) is 5.26 Å². The van der Waals surface area contributed by atoms with Gasteiger partial charge < -0.3 is 38.9 Å². The second-order valence-electron chi connectivity index (χ2n) is 17.9. The van der Waals surface area contributed by atoms with Crippen molar-refractivity contribution >= 4 is 17.9 Å². The molecule has 1 aliphatic heterocycles. The number of oxime groups is 1. The summed E-state index contributed by atoms with van der Waals surface area (Å²) in [5.74, 6) is -1.64. The summed E-state index contributed by atoms with van der Waals surface area (Å²) in [4.78, 5) is 35.4. The average molecular weight is 948 g/mol. The monoisotopic (exact) mass is 947 g/mol. The normalized spacial score (nSPS) is 21.5. The van der Waals surface area contributed by atoms with Crippen LogP contribution in [-0.2, 0) is 22.7 Å². The number of allylic oxidation sites excluding steroid dienone is 1. The van der Waals surface area contributed by atoms with E-state index in [1.807, 2.05) is 42.5 Å². The number of nitriles is 1. The number of unbranched alkanes of at least 4 members (excludes halogenated alkanes) is 2. The molecule has 0 saturated heterocycles. The van der Waals surface area contributed by atoms with Crippen molar-refractivity contribution in [1.82, 2.24) is 4.90 Å². The zero-order valence-electron chi connectivity index (χ0n) is 39.3.